The summed E-state index contributed by atoms with van der Waals surface area (Å²) in [4.78, 5) is 49.1. The molecule has 3 rings (SSSR count). The standard InChI is InChI=1S/C19H16N4O5/c20-7-3-8-22-10-14(13-4-1-2-5-15(13)22)16(24)12-28-18(26)11-23-9-6-17(25)21-19(23)27/h1-2,4-6,9-10H,3,8,11-12H2,(H,21,25,27). The van der Waals surface area contributed by atoms with Gasteiger partial charge in [-0.25, -0.2) is 4.79 Å². The lowest BCUT2D eigenvalue weighted by Crippen LogP contribution is -2.31. The third-order valence-electron chi connectivity index (χ3n) is 4.11. The van der Waals surface area contributed by atoms with Gasteiger partial charge in [-0.1, -0.05) is 18.2 Å². The van der Waals surface area contributed by atoms with Crippen molar-refractivity contribution in [2.45, 2.75) is 19.5 Å². The Labute approximate surface area is 158 Å². The first-order valence-corrected chi connectivity index (χ1v) is 8.43. The normalized spacial score (nSPS) is 10.5. The lowest BCUT2D eigenvalue weighted by atomic mass is 10.1. The van der Waals surface area contributed by atoms with Crippen molar-refractivity contribution >= 4 is 22.7 Å². The second-order valence-corrected chi connectivity index (χ2v) is 5.98. The number of ketones is 1. The highest BCUT2D eigenvalue weighted by Gasteiger charge is 2.17. The number of esters is 1. The summed E-state index contributed by atoms with van der Waals surface area (Å²) in [6.07, 6.45) is 3.12. The van der Waals surface area contributed by atoms with E-state index < -0.39 is 36.2 Å². The van der Waals surface area contributed by atoms with E-state index in [2.05, 4.69) is 6.07 Å². The largest absolute Gasteiger partial charge is 0.456 e. The van der Waals surface area contributed by atoms with Crippen molar-refractivity contribution in [3.8, 4) is 6.07 Å². The fraction of sp³-hybridized carbons (Fsp3) is 0.211. The monoisotopic (exact) mass is 380 g/mol. The predicted molar refractivity (Wildman–Crippen MR) is 98.8 cm³/mol. The molecule has 0 atom stereocenters. The highest BCUT2D eigenvalue weighted by Crippen LogP contribution is 2.22. The van der Waals surface area contributed by atoms with E-state index in [4.69, 9.17) is 10.00 Å². The van der Waals surface area contributed by atoms with Gasteiger partial charge in [0.1, 0.15) is 6.54 Å². The van der Waals surface area contributed by atoms with E-state index in [1.54, 1.807) is 18.3 Å². The Balaban J connectivity index is 1.71. The predicted octanol–water partition coefficient (Wildman–Crippen LogP) is 0.831. The van der Waals surface area contributed by atoms with Gasteiger partial charge in [-0.05, 0) is 6.07 Å². The van der Waals surface area contributed by atoms with Gasteiger partial charge in [0.2, 0.25) is 5.78 Å². The van der Waals surface area contributed by atoms with Crippen molar-refractivity contribution in [3.63, 3.8) is 0 Å². The molecule has 142 valence electrons. The van der Waals surface area contributed by atoms with Crippen LogP contribution in [-0.2, 0) is 22.6 Å². The van der Waals surface area contributed by atoms with Gasteiger partial charge in [0.15, 0.2) is 6.61 Å². The van der Waals surface area contributed by atoms with Crippen molar-refractivity contribution in [2.24, 2.45) is 0 Å². The maximum Gasteiger partial charge on any atom is 0.328 e. The Bertz CT molecular complexity index is 1200. The molecule has 2 aromatic heterocycles. The third-order valence-corrected chi connectivity index (χ3v) is 4.11. The number of rotatable bonds is 7. The molecule has 9 nitrogen and oxygen atoms in total. The molecule has 28 heavy (non-hydrogen) atoms. The van der Waals surface area contributed by atoms with Crippen LogP contribution in [0, 0.1) is 11.3 Å². The molecule has 0 aliphatic carbocycles. The SMILES string of the molecule is N#CCCn1cc(C(=O)COC(=O)Cn2ccc(=O)[nH]c2=O)c2ccccc21. The topological polar surface area (TPSA) is 127 Å². The Hall–Kier alpha value is -3.93. The number of H-pyrrole nitrogens is 1. The summed E-state index contributed by atoms with van der Waals surface area (Å²) in [5.41, 5.74) is -0.108. The summed E-state index contributed by atoms with van der Waals surface area (Å²) in [6.45, 7) is -0.463. The minimum atomic E-state index is -0.782. The first kappa shape index (κ1) is 18.8. The van der Waals surface area contributed by atoms with Gasteiger partial charge in [0, 0.05) is 41.5 Å². The zero-order valence-electron chi connectivity index (χ0n) is 14.8. The van der Waals surface area contributed by atoms with Crippen molar-refractivity contribution in [1.82, 2.24) is 14.1 Å². The maximum atomic E-state index is 12.5. The number of aromatic nitrogens is 3. The van der Waals surface area contributed by atoms with E-state index in [0.717, 1.165) is 16.2 Å². The van der Waals surface area contributed by atoms with Crippen LogP contribution in [0.4, 0.5) is 0 Å². The minimum absolute atomic E-state index is 0.301. The zero-order valence-corrected chi connectivity index (χ0v) is 14.8. The van der Waals surface area contributed by atoms with Crippen molar-refractivity contribution in [1.29, 1.82) is 5.26 Å². The molecule has 3 aromatic rings. The molecular formula is C19H16N4O5. The molecule has 0 saturated carbocycles. The number of nitrogens with zero attached hydrogens (tertiary/aromatic N) is 3. The number of aryl methyl sites for hydroxylation is 1. The van der Waals surface area contributed by atoms with Crippen LogP contribution < -0.4 is 11.2 Å². The van der Waals surface area contributed by atoms with Crippen LogP contribution in [0.2, 0.25) is 0 Å². The Kier molecular flexibility index (Phi) is 5.50. The van der Waals surface area contributed by atoms with Gasteiger partial charge in [0.25, 0.3) is 5.56 Å². The van der Waals surface area contributed by atoms with Gasteiger partial charge < -0.3 is 9.30 Å². The number of aromatic amines is 1. The van der Waals surface area contributed by atoms with E-state index in [-0.39, 0.29) is 0 Å². The van der Waals surface area contributed by atoms with Gasteiger partial charge in [-0.15, -0.1) is 0 Å². The number of fused-ring (bicyclic) bond motifs is 1. The molecule has 0 radical (unpaired) electrons. The number of carbonyl (C=O) groups is 2. The van der Waals surface area contributed by atoms with Crippen molar-refractivity contribution < 1.29 is 14.3 Å². The molecule has 0 fully saturated rings. The van der Waals surface area contributed by atoms with Crippen molar-refractivity contribution in [2.75, 3.05) is 6.61 Å². The average Bonchev–Trinajstić information content (AvgIpc) is 3.05. The molecule has 0 aliphatic heterocycles. The molecule has 0 bridgehead atoms. The maximum absolute atomic E-state index is 12.5. The number of para-hydroxylation sites is 1. The molecule has 1 aromatic carbocycles. The molecule has 0 aliphatic rings. The summed E-state index contributed by atoms with van der Waals surface area (Å²) < 4.78 is 7.77. The number of nitrogens with one attached hydrogen (secondary N) is 1. The lowest BCUT2D eigenvalue weighted by Gasteiger charge is -2.05. The number of benzene rings is 1. The van der Waals surface area contributed by atoms with E-state index in [1.807, 2.05) is 21.7 Å². The van der Waals surface area contributed by atoms with Crippen LogP contribution >= 0.6 is 0 Å². The number of ether oxygens (including phenoxy) is 1. The fourth-order valence-electron chi connectivity index (χ4n) is 2.80. The molecule has 2 heterocycles. The van der Waals surface area contributed by atoms with Crippen LogP contribution in [0.25, 0.3) is 10.9 Å². The quantitative estimate of drug-likeness (QED) is 0.478. The van der Waals surface area contributed by atoms with Gasteiger partial charge in [0.05, 0.1) is 12.5 Å². The number of hydrogen-bond acceptors (Lipinski definition) is 6. The van der Waals surface area contributed by atoms with Crippen LogP contribution in [0.5, 0.6) is 0 Å². The average molecular weight is 380 g/mol. The van der Waals surface area contributed by atoms with E-state index in [1.165, 1.54) is 6.20 Å². The lowest BCUT2D eigenvalue weighted by molar-refractivity contribution is -0.143. The second kappa shape index (κ2) is 8.18. The van der Waals surface area contributed by atoms with Gasteiger partial charge in [-0.3, -0.25) is 23.9 Å². The third kappa shape index (κ3) is 4.07. The molecule has 0 amide bonds. The minimum Gasteiger partial charge on any atom is -0.456 e. The van der Waals surface area contributed by atoms with Gasteiger partial charge >= 0.3 is 11.7 Å². The summed E-state index contributed by atoms with van der Waals surface area (Å²) >= 11 is 0. The summed E-state index contributed by atoms with van der Waals surface area (Å²) in [7, 11) is 0. The van der Waals surface area contributed by atoms with Crippen LogP contribution in [0.3, 0.4) is 0 Å². The molecule has 9 heteroatoms. The van der Waals surface area contributed by atoms with Crippen LogP contribution in [0.15, 0.2) is 52.3 Å². The fourth-order valence-corrected chi connectivity index (χ4v) is 2.80. The molecular weight excluding hydrogens is 364 g/mol. The van der Waals surface area contributed by atoms with E-state index in [0.29, 0.717) is 23.9 Å². The second-order valence-electron chi connectivity index (χ2n) is 5.98. The number of carbonyl (C=O) groups excluding carboxylic acids is 2. The Morgan fingerprint density at radius 3 is 2.68 bits per heavy atom. The first-order chi connectivity index (χ1) is 13.5. The molecule has 0 saturated heterocycles. The smallest absolute Gasteiger partial charge is 0.328 e. The molecule has 0 spiro atoms. The van der Waals surface area contributed by atoms with Crippen LogP contribution in [-0.4, -0.2) is 32.5 Å². The molecule has 0 unspecified atom stereocenters. The Morgan fingerprint density at radius 1 is 1.14 bits per heavy atom. The van der Waals surface area contributed by atoms with E-state index >= 15 is 0 Å². The highest BCUT2D eigenvalue weighted by atomic mass is 16.5. The summed E-state index contributed by atoms with van der Waals surface area (Å²) in [5.74, 6) is -1.18. The van der Waals surface area contributed by atoms with Gasteiger partial charge in [-0.2, -0.15) is 5.26 Å². The zero-order chi connectivity index (χ0) is 20.1. The highest BCUT2D eigenvalue weighted by molar-refractivity contribution is 6.09. The van der Waals surface area contributed by atoms with E-state index in [9.17, 15) is 19.2 Å². The molecule has 1 N–H and O–H groups in total. The van der Waals surface area contributed by atoms with Crippen molar-refractivity contribution in [3.05, 3.63) is 69.1 Å². The number of nitriles is 1. The number of Topliss-reactive ketones (excluding diaryl/α,β-unsaturated/α-hetero) is 1. The first-order valence-electron chi connectivity index (χ1n) is 8.43. The Morgan fingerprint density at radius 2 is 1.93 bits per heavy atom. The summed E-state index contributed by atoms with van der Waals surface area (Å²) in [5, 5.41) is 9.49. The van der Waals surface area contributed by atoms with Crippen LogP contribution in [0.1, 0.15) is 16.8 Å². The number of hydrogen-bond donors (Lipinski definition) is 1. The summed E-state index contributed by atoms with van der Waals surface area (Å²) in [6, 6.07) is 10.4.